The van der Waals surface area contributed by atoms with E-state index in [1.807, 2.05) is 25.5 Å². The molecule has 27 heavy (non-hydrogen) atoms. The number of piperazine rings is 1. The van der Waals surface area contributed by atoms with Crippen molar-refractivity contribution in [1.82, 2.24) is 20.4 Å². The number of allylic oxidation sites excluding steroid dienone is 2. The molecule has 0 bridgehead atoms. The van der Waals surface area contributed by atoms with E-state index in [4.69, 9.17) is 10.7 Å². The second kappa shape index (κ2) is 10.8. The standard InChI is InChI=1S/C20H35N7/c1-5-6-7-8-18(21)23-13-16(2)19(22-3)17-14-24-20(25-15-17)27-11-9-26(4)10-12-27/h8,13-14,22-23H,5-7,9-12,15,21H2,1-4H3/b16-13+,18-8+,19-17?. The lowest BCUT2D eigenvalue weighted by atomic mass is 10.1. The van der Waals surface area contributed by atoms with Gasteiger partial charge in [-0.3, -0.25) is 0 Å². The first-order chi connectivity index (χ1) is 13.0. The smallest absolute Gasteiger partial charge is 0.221 e. The molecule has 4 N–H and O–H groups in total. The zero-order valence-electron chi connectivity index (χ0n) is 17.3. The normalized spacial score (nSPS) is 21.2. The lowest BCUT2D eigenvalue weighted by Gasteiger charge is -2.33. The van der Waals surface area contributed by atoms with E-state index in [1.165, 1.54) is 6.42 Å². The molecule has 2 aliphatic rings. The van der Waals surface area contributed by atoms with Gasteiger partial charge in [0.2, 0.25) is 5.96 Å². The van der Waals surface area contributed by atoms with Crippen LogP contribution in [0.1, 0.15) is 33.1 Å². The Morgan fingerprint density at radius 3 is 2.63 bits per heavy atom. The highest BCUT2D eigenvalue weighted by atomic mass is 15.3. The fraction of sp³-hybridized carbons (Fsp3) is 0.600. The molecule has 0 radical (unpaired) electrons. The molecule has 0 aromatic rings. The van der Waals surface area contributed by atoms with Crippen LogP contribution in [0.25, 0.3) is 0 Å². The van der Waals surface area contributed by atoms with Crippen molar-refractivity contribution in [2.24, 2.45) is 15.7 Å². The van der Waals surface area contributed by atoms with Crippen molar-refractivity contribution in [3.05, 3.63) is 34.9 Å². The molecule has 2 heterocycles. The first-order valence-corrected chi connectivity index (χ1v) is 9.87. The number of nitrogens with zero attached hydrogens (tertiary/aromatic N) is 4. The van der Waals surface area contributed by atoms with Crippen LogP contribution >= 0.6 is 0 Å². The summed E-state index contributed by atoms with van der Waals surface area (Å²) in [6.07, 6.45) is 9.23. The summed E-state index contributed by atoms with van der Waals surface area (Å²) in [6, 6.07) is 0. The van der Waals surface area contributed by atoms with Crippen LogP contribution in [0.2, 0.25) is 0 Å². The van der Waals surface area contributed by atoms with Gasteiger partial charge < -0.3 is 26.2 Å². The molecule has 0 atom stereocenters. The second-order valence-electron chi connectivity index (χ2n) is 7.09. The number of likely N-dealkylation sites (N-methyl/N-ethyl adjacent to an activating group) is 2. The molecule has 2 rings (SSSR count). The van der Waals surface area contributed by atoms with Crippen LogP contribution in [0.15, 0.2) is 44.9 Å². The molecule has 1 fully saturated rings. The van der Waals surface area contributed by atoms with Gasteiger partial charge in [-0.25, -0.2) is 9.98 Å². The quantitative estimate of drug-likeness (QED) is 0.591. The van der Waals surface area contributed by atoms with Gasteiger partial charge in [0, 0.05) is 56.9 Å². The van der Waals surface area contributed by atoms with Crippen LogP contribution in [0.5, 0.6) is 0 Å². The van der Waals surface area contributed by atoms with Crippen molar-refractivity contribution in [2.75, 3.05) is 46.8 Å². The number of aliphatic imine (C=N–C) groups is 2. The van der Waals surface area contributed by atoms with Crippen molar-refractivity contribution in [2.45, 2.75) is 33.1 Å². The number of hydrogen-bond acceptors (Lipinski definition) is 7. The Morgan fingerprint density at radius 2 is 2.04 bits per heavy atom. The van der Waals surface area contributed by atoms with E-state index in [-0.39, 0.29) is 0 Å². The summed E-state index contributed by atoms with van der Waals surface area (Å²) >= 11 is 0. The summed E-state index contributed by atoms with van der Waals surface area (Å²) < 4.78 is 0. The van der Waals surface area contributed by atoms with Crippen LogP contribution in [-0.2, 0) is 0 Å². The number of hydrogen-bond donors (Lipinski definition) is 3. The number of nitrogens with one attached hydrogen (secondary N) is 2. The third-order valence-electron chi connectivity index (χ3n) is 4.86. The molecule has 0 unspecified atom stereocenters. The minimum atomic E-state index is 0.633. The maximum absolute atomic E-state index is 6.01. The first-order valence-electron chi connectivity index (χ1n) is 9.87. The van der Waals surface area contributed by atoms with Gasteiger partial charge in [-0.2, -0.15) is 0 Å². The van der Waals surface area contributed by atoms with Gasteiger partial charge in [-0.1, -0.05) is 13.3 Å². The molecule has 2 aliphatic heterocycles. The Bertz CT molecular complexity index is 635. The average Bonchev–Trinajstić information content (AvgIpc) is 2.68. The highest BCUT2D eigenvalue weighted by molar-refractivity contribution is 5.97. The highest BCUT2D eigenvalue weighted by Gasteiger charge is 2.19. The fourth-order valence-corrected chi connectivity index (χ4v) is 3.10. The molecular formula is C20H35N7. The van der Waals surface area contributed by atoms with Crippen molar-refractivity contribution >= 4 is 12.2 Å². The van der Waals surface area contributed by atoms with Crippen molar-refractivity contribution in [3.8, 4) is 0 Å². The number of guanidine groups is 1. The molecule has 7 heteroatoms. The van der Waals surface area contributed by atoms with E-state index < -0.39 is 0 Å². The highest BCUT2D eigenvalue weighted by Crippen LogP contribution is 2.14. The van der Waals surface area contributed by atoms with Gasteiger partial charge in [0.05, 0.1) is 12.4 Å². The number of nitrogens with two attached hydrogens (primary N) is 1. The average molecular weight is 374 g/mol. The third kappa shape index (κ3) is 6.43. The maximum Gasteiger partial charge on any atom is 0.221 e. The molecule has 0 spiro atoms. The molecular weight excluding hydrogens is 338 g/mol. The van der Waals surface area contributed by atoms with E-state index in [9.17, 15) is 0 Å². The van der Waals surface area contributed by atoms with Gasteiger partial charge in [0.15, 0.2) is 0 Å². The van der Waals surface area contributed by atoms with Gasteiger partial charge in [0.1, 0.15) is 0 Å². The zero-order chi connectivity index (χ0) is 19.6. The zero-order valence-corrected chi connectivity index (χ0v) is 17.3. The van der Waals surface area contributed by atoms with Crippen LogP contribution in [0, 0.1) is 0 Å². The second-order valence-corrected chi connectivity index (χ2v) is 7.09. The van der Waals surface area contributed by atoms with Gasteiger partial charge in [-0.15, -0.1) is 0 Å². The predicted molar refractivity (Wildman–Crippen MR) is 115 cm³/mol. The van der Waals surface area contributed by atoms with Crippen LogP contribution in [0.4, 0.5) is 0 Å². The third-order valence-corrected chi connectivity index (χ3v) is 4.86. The Morgan fingerprint density at radius 1 is 1.30 bits per heavy atom. The predicted octanol–water partition coefficient (Wildman–Crippen LogP) is 1.63. The molecule has 0 amide bonds. The summed E-state index contributed by atoms with van der Waals surface area (Å²) in [4.78, 5) is 13.9. The largest absolute Gasteiger partial charge is 0.388 e. The fourth-order valence-electron chi connectivity index (χ4n) is 3.10. The van der Waals surface area contributed by atoms with E-state index in [0.717, 1.165) is 61.8 Å². The SMILES string of the molecule is CCCC/C=C(\N)N/C=C(\C)C(NC)=C1C=NC(N2CCN(C)CC2)=NC1. The maximum atomic E-state index is 6.01. The summed E-state index contributed by atoms with van der Waals surface area (Å²) in [5, 5.41) is 6.45. The first kappa shape index (κ1) is 21.0. The summed E-state index contributed by atoms with van der Waals surface area (Å²) in [5.74, 6) is 1.54. The molecule has 7 nitrogen and oxygen atoms in total. The van der Waals surface area contributed by atoms with Gasteiger partial charge in [0.25, 0.3) is 0 Å². The van der Waals surface area contributed by atoms with Crippen molar-refractivity contribution < 1.29 is 0 Å². The van der Waals surface area contributed by atoms with E-state index in [1.54, 1.807) is 0 Å². The molecule has 0 aromatic carbocycles. The van der Waals surface area contributed by atoms with Crippen LogP contribution in [-0.4, -0.2) is 68.8 Å². The van der Waals surface area contributed by atoms with E-state index in [2.05, 4.69) is 46.3 Å². The lowest BCUT2D eigenvalue weighted by molar-refractivity contribution is 0.214. The van der Waals surface area contributed by atoms with Gasteiger partial charge in [-0.05, 0) is 38.5 Å². The Balaban J connectivity index is 1.99. The van der Waals surface area contributed by atoms with Crippen LogP contribution < -0.4 is 16.4 Å². The summed E-state index contributed by atoms with van der Waals surface area (Å²) in [5.41, 5.74) is 9.20. The van der Waals surface area contributed by atoms with E-state index in [0.29, 0.717) is 12.4 Å². The van der Waals surface area contributed by atoms with E-state index >= 15 is 0 Å². The minimum Gasteiger partial charge on any atom is -0.388 e. The monoisotopic (exact) mass is 373 g/mol. The van der Waals surface area contributed by atoms with Gasteiger partial charge >= 0.3 is 0 Å². The molecule has 0 saturated carbocycles. The Labute approximate surface area is 163 Å². The van der Waals surface area contributed by atoms with Crippen LogP contribution in [0.3, 0.4) is 0 Å². The Kier molecular flexibility index (Phi) is 8.39. The summed E-state index contributed by atoms with van der Waals surface area (Å²) in [7, 11) is 4.08. The lowest BCUT2D eigenvalue weighted by Crippen LogP contribution is -2.47. The minimum absolute atomic E-state index is 0.633. The molecule has 0 aliphatic carbocycles. The molecule has 0 aromatic heterocycles. The topological polar surface area (TPSA) is 81.3 Å². The number of unbranched alkanes of at least 4 members (excludes halogenated alkanes) is 2. The molecule has 150 valence electrons. The Hall–Kier alpha value is -2.28. The van der Waals surface area contributed by atoms with Crippen molar-refractivity contribution in [1.29, 1.82) is 0 Å². The summed E-state index contributed by atoms with van der Waals surface area (Å²) in [6.45, 7) is 8.94. The van der Waals surface area contributed by atoms with Crippen molar-refractivity contribution in [3.63, 3.8) is 0 Å². The number of rotatable bonds is 7. The molecule has 1 saturated heterocycles.